The third-order valence-corrected chi connectivity index (χ3v) is 4.15. The van der Waals surface area contributed by atoms with Gasteiger partial charge in [-0.1, -0.05) is 12.8 Å². The molecule has 0 aliphatic heterocycles. The first-order valence-electron chi connectivity index (χ1n) is 7.28. The molecule has 4 nitrogen and oxygen atoms in total. The summed E-state index contributed by atoms with van der Waals surface area (Å²) in [6.45, 7) is 4.31. The summed E-state index contributed by atoms with van der Waals surface area (Å²) in [6, 6.07) is 1.05. The zero-order valence-electron chi connectivity index (χ0n) is 11.9. The summed E-state index contributed by atoms with van der Waals surface area (Å²) in [5, 5.41) is 7.80. The van der Waals surface area contributed by atoms with Gasteiger partial charge >= 0.3 is 0 Å². The summed E-state index contributed by atoms with van der Waals surface area (Å²) in [6.07, 6.45) is 9.48. The molecule has 2 rings (SSSR count). The van der Waals surface area contributed by atoms with Crippen LogP contribution < -0.4 is 5.32 Å². The highest BCUT2D eigenvalue weighted by Crippen LogP contribution is 2.29. The molecule has 0 amide bonds. The van der Waals surface area contributed by atoms with E-state index in [9.17, 15) is 0 Å². The van der Waals surface area contributed by atoms with E-state index in [1.807, 2.05) is 4.68 Å². The number of aryl methyl sites for hydroxylation is 1. The van der Waals surface area contributed by atoms with Gasteiger partial charge in [-0.3, -0.25) is 0 Å². The van der Waals surface area contributed by atoms with Crippen LogP contribution in [0.4, 0.5) is 0 Å². The molecule has 0 bridgehead atoms. The second kappa shape index (κ2) is 6.32. The fourth-order valence-corrected chi connectivity index (χ4v) is 3.14. The number of rotatable bonds is 6. The number of hydrogen-bond acceptors (Lipinski definition) is 3. The van der Waals surface area contributed by atoms with Crippen molar-refractivity contribution in [1.82, 2.24) is 20.1 Å². The van der Waals surface area contributed by atoms with Crippen LogP contribution in [0, 0.1) is 5.92 Å². The van der Waals surface area contributed by atoms with E-state index < -0.39 is 0 Å². The second-order valence-electron chi connectivity index (χ2n) is 5.69. The van der Waals surface area contributed by atoms with Crippen molar-refractivity contribution in [2.45, 2.75) is 64.5 Å². The Kier molecular flexibility index (Phi) is 4.75. The Morgan fingerprint density at radius 3 is 2.72 bits per heavy atom. The Balaban J connectivity index is 1.90. The predicted molar refractivity (Wildman–Crippen MR) is 73.5 cm³/mol. The molecule has 1 atom stereocenters. The third kappa shape index (κ3) is 3.10. The molecule has 0 aromatic carbocycles. The minimum Gasteiger partial charge on any atom is -0.317 e. The maximum atomic E-state index is 4.39. The van der Waals surface area contributed by atoms with Crippen molar-refractivity contribution in [3.63, 3.8) is 0 Å². The number of nitrogens with zero attached hydrogens (tertiary/aromatic N) is 3. The topological polar surface area (TPSA) is 42.7 Å². The van der Waals surface area contributed by atoms with Gasteiger partial charge in [0.25, 0.3) is 0 Å². The summed E-state index contributed by atoms with van der Waals surface area (Å²) in [5.41, 5.74) is 0. The molecular weight excluding hydrogens is 224 g/mol. The SMILES string of the molecule is CNC(CCc1ncnn1C(C)C)C1CCCC1. The highest BCUT2D eigenvalue weighted by molar-refractivity contribution is 4.90. The molecule has 1 aromatic rings. The van der Waals surface area contributed by atoms with E-state index in [-0.39, 0.29) is 0 Å². The Hall–Kier alpha value is -0.900. The molecule has 1 heterocycles. The molecule has 1 aliphatic carbocycles. The van der Waals surface area contributed by atoms with E-state index in [0.29, 0.717) is 12.1 Å². The maximum absolute atomic E-state index is 4.39. The summed E-state index contributed by atoms with van der Waals surface area (Å²) < 4.78 is 2.04. The van der Waals surface area contributed by atoms with Crippen molar-refractivity contribution in [3.8, 4) is 0 Å². The quantitative estimate of drug-likeness (QED) is 0.844. The van der Waals surface area contributed by atoms with E-state index in [0.717, 1.165) is 18.2 Å². The van der Waals surface area contributed by atoms with Gasteiger partial charge < -0.3 is 5.32 Å². The average Bonchev–Trinajstić information content (AvgIpc) is 2.99. The van der Waals surface area contributed by atoms with Gasteiger partial charge in [0.15, 0.2) is 0 Å². The standard InChI is InChI=1S/C14H26N4/c1-11(2)18-14(16-10-17-18)9-8-13(15-3)12-6-4-5-7-12/h10-13,15H,4-9H2,1-3H3. The molecule has 102 valence electrons. The van der Waals surface area contributed by atoms with E-state index in [4.69, 9.17) is 0 Å². The van der Waals surface area contributed by atoms with Crippen LogP contribution in [0.2, 0.25) is 0 Å². The van der Waals surface area contributed by atoms with Crippen LogP contribution >= 0.6 is 0 Å². The van der Waals surface area contributed by atoms with Gasteiger partial charge in [-0.05, 0) is 46.1 Å². The fraction of sp³-hybridized carbons (Fsp3) is 0.857. The largest absolute Gasteiger partial charge is 0.317 e. The Bertz CT molecular complexity index is 352. The van der Waals surface area contributed by atoms with Crippen molar-refractivity contribution in [3.05, 3.63) is 12.2 Å². The van der Waals surface area contributed by atoms with Crippen LogP contribution in [0.5, 0.6) is 0 Å². The molecule has 0 saturated heterocycles. The average molecular weight is 250 g/mol. The Morgan fingerprint density at radius 1 is 1.39 bits per heavy atom. The lowest BCUT2D eigenvalue weighted by atomic mass is 9.94. The van der Waals surface area contributed by atoms with Crippen LogP contribution in [-0.2, 0) is 6.42 Å². The van der Waals surface area contributed by atoms with Crippen LogP contribution in [0.3, 0.4) is 0 Å². The zero-order chi connectivity index (χ0) is 13.0. The summed E-state index contributed by atoms with van der Waals surface area (Å²) in [7, 11) is 2.09. The van der Waals surface area contributed by atoms with E-state index in [2.05, 4.69) is 36.3 Å². The van der Waals surface area contributed by atoms with E-state index in [1.165, 1.54) is 32.1 Å². The van der Waals surface area contributed by atoms with Crippen molar-refractivity contribution < 1.29 is 0 Å². The monoisotopic (exact) mass is 250 g/mol. The molecule has 1 fully saturated rings. The molecule has 1 saturated carbocycles. The van der Waals surface area contributed by atoms with Crippen molar-refractivity contribution in [2.24, 2.45) is 5.92 Å². The lowest BCUT2D eigenvalue weighted by Crippen LogP contribution is -2.33. The molecular formula is C14H26N4. The molecule has 4 heteroatoms. The number of nitrogens with one attached hydrogen (secondary N) is 1. The molecule has 1 aliphatic rings. The second-order valence-corrected chi connectivity index (χ2v) is 5.69. The maximum Gasteiger partial charge on any atom is 0.138 e. The molecule has 1 N–H and O–H groups in total. The zero-order valence-corrected chi connectivity index (χ0v) is 11.9. The Morgan fingerprint density at radius 2 is 2.11 bits per heavy atom. The van der Waals surface area contributed by atoms with Crippen LogP contribution in [0.1, 0.15) is 57.8 Å². The molecule has 0 spiro atoms. The lowest BCUT2D eigenvalue weighted by Gasteiger charge is -2.22. The van der Waals surface area contributed by atoms with Gasteiger partial charge in [0.2, 0.25) is 0 Å². The molecule has 1 aromatic heterocycles. The predicted octanol–water partition coefficient (Wildman–Crippen LogP) is 2.57. The molecule has 1 unspecified atom stereocenters. The van der Waals surface area contributed by atoms with Crippen LogP contribution in [0.15, 0.2) is 6.33 Å². The smallest absolute Gasteiger partial charge is 0.138 e. The van der Waals surface area contributed by atoms with Crippen molar-refractivity contribution in [1.29, 1.82) is 0 Å². The van der Waals surface area contributed by atoms with Gasteiger partial charge in [-0.15, -0.1) is 0 Å². The number of aromatic nitrogens is 3. The first kappa shape index (κ1) is 13.5. The normalized spacial score (nSPS) is 18.7. The minimum atomic E-state index is 0.405. The number of hydrogen-bond donors (Lipinski definition) is 1. The highest BCUT2D eigenvalue weighted by Gasteiger charge is 2.24. The van der Waals surface area contributed by atoms with E-state index >= 15 is 0 Å². The van der Waals surface area contributed by atoms with Gasteiger partial charge in [0.1, 0.15) is 12.2 Å². The first-order valence-corrected chi connectivity index (χ1v) is 7.28. The van der Waals surface area contributed by atoms with Gasteiger partial charge in [-0.2, -0.15) is 5.10 Å². The van der Waals surface area contributed by atoms with Crippen LogP contribution in [-0.4, -0.2) is 27.9 Å². The third-order valence-electron chi connectivity index (χ3n) is 4.15. The fourth-order valence-electron chi connectivity index (χ4n) is 3.14. The van der Waals surface area contributed by atoms with E-state index in [1.54, 1.807) is 6.33 Å². The van der Waals surface area contributed by atoms with Gasteiger partial charge in [-0.25, -0.2) is 9.67 Å². The van der Waals surface area contributed by atoms with Crippen molar-refractivity contribution in [2.75, 3.05) is 7.05 Å². The van der Waals surface area contributed by atoms with Crippen molar-refractivity contribution >= 4 is 0 Å². The van der Waals surface area contributed by atoms with Gasteiger partial charge in [0, 0.05) is 18.5 Å². The van der Waals surface area contributed by atoms with Crippen LogP contribution in [0.25, 0.3) is 0 Å². The summed E-state index contributed by atoms with van der Waals surface area (Å²) >= 11 is 0. The first-order chi connectivity index (χ1) is 8.72. The molecule has 0 radical (unpaired) electrons. The Labute approximate surface area is 110 Å². The minimum absolute atomic E-state index is 0.405. The van der Waals surface area contributed by atoms with Gasteiger partial charge in [0.05, 0.1) is 0 Å². The molecule has 18 heavy (non-hydrogen) atoms. The highest BCUT2D eigenvalue weighted by atomic mass is 15.3. The summed E-state index contributed by atoms with van der Waals surface area (Å²) in [4.78, 5) is 4.39. The summed E-state index contributed by atoms with van der Waals surface area (Å²) in [5.74, 6) is 1.99. The lowest BCUT2D eigenvalue weighted by molar-refractivity contribution is 0.354.